The Morgan fingerprint density at radius 3 is 1.88 bits per heavy atom. The molecule has 1 aromatic carbocycles. The van der Waals surface area contributed by atoms with Crippen LogP contribution in [0.3, 0.4) is 0 Å². The molecule has 2 nitrogen and oxygen atoms in total. The lowest BCUT2D eigenvalue weighted by Crippen LogP contribution is -2.42. The highest BCUT2D eigenvalue weighted by molar-refractivity contribution is 9.10. The summed E-state index contributed by atoms with van der Waals surface area (Å²) in [5.41, 5.74) is 0.741. The summed E-state index contributed by atoms with van der Waals surface area (Å²) in [4.78, 5) is 14.1. The fourth-order valence-electron chi connectivity index (χ4n) is 1.81. The molecule has 0 atom stereocenters. The molecule has 16 heavy (non-hydrogen) atoms. The van der Waals surface area contributed by atoms with Crippen molar-refractivity contribution in [2.24, 2.45) is 0 Å². The number of rotatable bonds is 3. The van der Waals surface area contributed by atoms with E-state index in [1.165, 1.54) is 0 Å². The first-order chi connectivity index (χ1) is 7.43. The van der Waals surface area contributed by atoms with Crippen LogP contribution >= 0.6 is 15.9 Å². The lowest BCUT2D eigenvalue weighted by Gasteiger charge is -2.30. The van der Waals surface area contributed by atoms with E-state index in [-0.39, 0.29) is 18.0 Å². The number of hydrogen-bond acceptors (Lipinski definition) is 1. The van der Waals surface area contributed by atoms with Crippen molar-refractivity contribution in [3.63, 3.8) is 0 Å². The van der Waals surface area contributed by atoms with Crippen molar-refractivity contribution in [3.05, 3.63) is 34.3 Å². The van der Waals surface area contributed by atoms with Crippen molar-refractivity contribution >= 4 is 21.8 Å². The van der Waals surface area contributed by atoms with Crippen LogP contribution in [0.1, 0.15) is 38.1 Å². The van der Waals surface area contributed by atoms with Crippen LogP contribution in [0.25, 0.3) is 0 Å². The van der Waals surface area contributed by atoms with E-state index in [0.29, 0.717) is 0 Å². The summed E-state index contributed by atoms with van der Waals surface area (Å²) < 4.78 is 0.990. The Balaban J connectivity index is 2.95. The molecule has 0 radical (unpaired) electrons. The van der Waals surface area contributed by atoms with Crippen molar-refractivity contribution in [2.45, 2.75) is 39.8 Å². The van der Waals surface area contributed by atoms with Gasteiger partial charge >= 0.3 is 0 Å². The highest BCUT2D eigenvalue weighted by Gasteiger charge is 2.21. The van der Waals surface area contributed by atoms with Crippen LogP contribution in [0.5, 0.6) is 0 Å². The van der Waals surface area contributed by atoms with Crippen LogP contribution in [-0.4, -0.2) is 22.9 Å². The van der Waals surface area contributed by atoms with Gasteiger partial charge in [0.2, 0.25) is 0 Å². The van der Waals surface area contributed by atoms with Crippen LogP contribution in [0, 0.1) is 0 Å². The number of hydrogen-bond donors (Lipinski definition) is 0. The molecule has 0 fully saturated rings. The van der Waals surface area contributed by atoms with Crippen molar-refractivity contribution in [3.8, 4) is 0 Å². The molecular weight excluding hydrogens is 266 g/mol. The van der Waals surface area contributed by atoms with Gasteiger partial charge in [-0.05, 0) is 52.0 Å². The summed E-state index contributed by atoms with van der Waals surface area (Å²) in [5, 5.41) is 0. The van der Waals surface area contributed by atoms with Crippen LogP contribution in [-0.2, 0) is 0 Å². The Morgan fingerprint density at radius 1 is 1.06 bits per heavy atom. The Kier molecular flexibility index (Phi) is 4.54. The summed E-state index contributed by atoms with van der Waals surface area (Å²) in [6, 6.07) is 7.93. The molecule has 88 valence electrons. The average molecular weight is 284 g/mol. The highest BCUT2D eigenvalue weighted by Crippen LogP contribution is 2.15. The number of halogens is 1. The van der Waals surface area contributed by atoms with E-state index in [9.17, 15) is 4.79 Å². The quantitative estimate of drug-likeness (QED) is 0.828. The Bertz CT molecular complexity index is 349. The topological polar surface area (TPSA) is 20.3 Å². The van der Waals surface area contributed by atoms with Gasteiger partial charge < -0.3 is 4.90 Å². The van der Waals surface area contributed by atoms with E-state index in [1.807, 2.05) is 56.9 Å². The molecular formula is C13H18BrNO. The second kappa shape index (κ2) is 5.48. The Morgan fingerprint density at radius 2 is 1.50 bits per heavy atom. The second-order valence-corrected chi connectivity index (χ2v) is 5.32. The van der Waals surface area contributed by atoms with E-state index in [0.717, 1.165) is 10.0 Å². The maximum atomic E-state index is 12.2. The lowest BCUT2D eigenvalue weighted by molar-refractivity contribution is 0.0643. The molecule has 1 aromatic rings. The molecule has 0 aromatic heterocycles. The van der Waals surface area contributed by atoms with Crippen molar-refractivity contribution < 1.29 is 4.79 Å². The van der Waals surface area contributed by atoms with Gasteiger partial charge in [-0.2, -0.15) is 0 Å². The third kappa shape index (κ3) is 3.08. The van der Waals surface area contributed by atoms with Gasteiger partial charge in [0.25, 0.3) is 5.91 Å². The van der Waals surface area contributed by atoms with E-state index >= 15 is 0 Å². The molecule has 0 spiro atoms. The largest absolute Gasteiger partial charge is 0.334 e. The van der Waals surface area contributed by atoms with Gasteiger partial charge in [-0.25, -0.2) is 0 Å². The van der Waals surface area contributed by atoms with Gasteiger partial charge in [0.15, 0.2) is 0 Å². The van der Waals surface area contributed by atoms with E-state index in [2.05, 4.69) is 15.9 Å². The lowest BCUT2D eigenvalue weighted by atomic mass is 10.1. The fraction of sp³-hybridized carbons (Fsp3) is 0.462. The zero-order chi connectivity index (χ0) is 12.3. The van der Waals surface area contributed by atoms with Crippen LogP contribution in [0.4, 0.5) is 0 Å². The summed E-state index contributed by atoms with van der Waals surface area (Å²) in [7, 11) is 0. The predicted octanol–water partition coefficient (Wildman–Crippen LogP) is 3.71. The number of nitrogens with zero attached hydrogens (tertiary/aromatic N) is 1. The maximum Gasteiger partial charge on any atom is 0.254 e. The number of carbonyl (C=O) groups excluding carboxylic acids is 1. The van der Waals surface area contributed by atoms with Crippen LogP contribution < -0.4 is 0 Å². The van der Waals surface area contributed by atoms with Crippen molar-refractivity contribution in [2.75, 3.05) is 0 Å². The molecule has 0 saturated heterocycles. The first kappa shape index (κ1) is 13.2. The van der Waals surface area contributed by atoms with E-state index in [1.54, 1.807) is 0 Å². The third-order valence-corrected chi connectivity index (χ3v) is 2.97. The predicted molar refractivity (Wildman–Crippen MR) is 70.6 cm³/mol. The second-order valence-electron chi connectivity index (χ2n) is 4.41. The SMILES string of the molecule is CC(C)N(C(=O)c1ccc(Br)cc1)C(C)C. The van der Waals surface area contributed by atoms with E-state index in [4.69, 9.17) is 0 Å². The number of amides is 1. The monoisotopic (exact) mass is 283 g/mol. The summed E-state index contributed by atoms with van der Waals surface area (Å²) in [5.74, 6) is 0.0949. The molecule has 0 unspecified atom stereocenters. The summed E-state index contributed by atoms with van der Waals surface area (Å²) >= 11 is 3.36. The zero-order valence-corrected chi connectivity index (χ0v) is 11.8. The van der Waals surface area contributed by atoms with Gasteiger partial charge in [-0.1, -0.05) is 15.9 Å². The first-order valence-corrected chi connectivity index (χ1v) is 6.31. The molecule has 1 rings (SSSR count). The van der Waals surface area contributed by atoms with Gasteiger partial charge in [-0.3, -0.25) is 4.79 Å². The Labute approximate surface area is 106 Å². The fourth-order valence-corrected chi connectivity index (χ4v) is 2.07. The minimum absolute atomic E-state index is 0.0949. The minimum atomic E-state index is 0.0949. The third-order valence-electron chi connectivity index (χ3n) is 2.44. The molecule has 0 saturated carbocycles. The standard InChI is InChI=1S/C13H18BrNO/c1-9(2)15(10(3)4)13(16)11-5-7-12(14)8-6-11/h5-10H,1-4H3. The molecule has 0 bridgehead atoms. The van der Waals surface area contributed by atoms with Gasteiger partial charge in [0.05, 0.1) is 0 Å². The molecule has 0 N–H and O–H groups in total. The molecule has 3 heteroatoms. The van der Waals surface area contributed by atoms with E-state index < -0.39 is 0 Å². The maximum absolute atomic E-state index is 12.2. The average Bonchev–Trinajstić information content (AvgIpc) is 2.17. The summed E-state index contributed by atoms with van der Waals surface area (Å²) in [6.07, 6.45) is 0. The van der Waals surface area contributed by atoms with Crippen LogP contribution in [0.2, 0.25) is 0 Å². The number of carbonyl (C=O) groups is 1. The summed E-state index contributed by atoms with van der Waals surface area (Å²) in [6.45, 7) is 8.15. The van der Waals surface area contributed by atoms with Gasteiger partial charge in [0, 0.05) is 22.1 Å². The van der Waals surface area contributed by atoms with Crippen LogP contribution in [0.15, 0.2) is 28.7 Å². The minimum Gasteiger partial charge on any atom is -0.334 e. The molecule has 0 aliphatic carbocycles. The number of benzene rings is 1. The molecule has 0 heterocycles. The highest BCUT2D eigenvalue weighted by atomic mass is 79.9. The normalized spacial score (nSPS) is 10.9. The first-order valence-electron chi connectivity index (χ1n) is 5.51. The smallest absolute Gasteiger partial charge is 0.254 e. The molecule has 0 aliphatic heterocycles. The zero-order valence-electron chi connectivity index (χ0n) is 10.2. The van der Waals surface area contributed by atoms with Gasteiger partial charge in [0.1, 0.15) is 0 Å². The van der Waals surface area contributed by atoms with Crippen molar-refractivity contribution in [1.29, 1.82) is 0 Å². The molecule has 1 amide bonds. The Hall–Kier alpha value is -0.830. The van der Waals surface area contributed by atoms with Crippen molar-refractivity contribution in [1.82, 2.24) is 4.90 Å². The van der Waals surface area contributed by atoms with Gasteiger partial charge in [-0.15, -0.1) is 0 Å². The molecule has 0 aliphatic rings.